The van der Waals surface area contributed by atoms with E-state index < -0.39 is 0 Å². The number of likely N-dealkylation sites (N-methyl/N-ethyl adjacent to an activating group) is 1. The van der Waals surface area contributed by atoms with Crippen molar-refractivity contribution in [1.29, 1.82) is 0 Å². The normalized spacial score (nSPS) is 21.0. The Morgan fingerprint density at radius 2 is 1.68 bits per heavy atom. The van der Waals surface area contributed by atoms with Crippen LogP contribution in [0, 0.1) is 5.92 Å². The Hall–Kier alpha value is -2.11. The highest BCUT2D eigenvalue weighted by molar-refractivity contribution is 5.94. The van der Waals surface area contributed by atoms with Crippen LogP contribution in [-0.4, -0.2) is 73.0 Å². The Morgan fingerprint density at radius 1 is 1.00 bits per heavy atom. The molecule has 0 saturated carbocycles. The van der Waals surface area contributed by atoms with E-state index in [0.29, 0.717) is 12.0 Å². The van der Waals surface area contributed by atoms with Gasteiger partial charge in [-0.2, -0.15) is 0 Å². The molecule has 0 aliphatic carbocycles. The highest BCUT2D eigenvalue weighted by Gasteiger charge is 2.30. The van der Waals surface area contributed by atoms with E-state index in [1.54, 1.807) is 6.26 Å². The Morgan fingerprint density at radius 3 is 2.29 bits per heavy atom. The van der Waals surface area contributed by atoms with Crippen molar-refractivity contribution in [1.82, 2.24) is 14.7 Å². The quantitative estimate of drug-likeness (QED) is 0.813. The summed E-state index contributed by atoms with van der Waals surface area (Å²) in [5.41, 5.74) is 1.77. The van der Waals surface area contributed by atoms with E-state index in [1.807, 2.05) is 41.3 Å². The molecule has 2 fully saturated rings. The van der Waals surface area contributed by atoms with Crippen molar-refractivity contribution in [2.45, 2.75) is 25.8 Å². The van der Waals surface area contributed by atoms with Gasteiger partial charge in [0, 0.05) is 56.4 Å². The van der Waals surface area contributed by atoms with Gasteiger partial charge in [0.05, 0.1) is 6.26 Å². The van der Waals surface area contributed by atoms with Gasteiger partial charge in [-0.15, -0.1) is 0 Å². The summed E-state index contributed by atoms with van der Waals surface area (Å²) in [7, 11) is 2.20. The third-order valence-electron chi connectivity index (χ3n) is 6.56. The maximum absolute atomic E-state index is 12.9. The van der Waals surface area contributed by atoms with Crippen molar-refractivity contribution in [2.75, 3.05) is 46.3 Å². The van der Waals surface area contributed by atoms with Crippen molar-refractivity contribution in [3.05, 3.63) is 48.2 Å². The standard InChI is InChI=1S/C23H31N3O2/c1-18(25-15-13-24(2)14-16-25)19-9-11-26(12-10-19)23(27)21-7-5-20(6-8-21)22-4-3-17-28-22/h3-8,17-19H,9-16H2,1-2H3. The molecule has 150 valence electrons. The molecule has 2 aliphatic rings. The number of nitrogens with zero attached hydrogens (tertiary/aromatic N) is 3. The molecule has 2 aliphatic heterocycles. The molecule has 3 heterocycles. The van der Waals surface area contributed by atoms with Gasteiger partial charge >= 0.3 is 0 Å². The van der Waals surface area contributed by atoms with Crippen LogP contribution in [0.25, 0.3) is 11.3 Å². The average Bonchev–Trinajstić information content (AvgIpc) is 3.28. The summed E-state index contributed by atoms with van der Waals surface area (Å²) < 4.78 is 5.42. The molecule has 0 radical (unpaired) electrons. The second kappa shape index (κ2) is 8.50. The van der Waals surface area contributed by atoms with Gasteiger partial charge in [0.2, 0.25) is 0 Å². The third kappa shape index (κ3) is 4.15. The van der Waals surface area contributed by atoms with Gasteiger partial charge in [0.15, 0.2) is 0 Å². The molecule has 1 unspecified atom stereocenters. The number of amides is 1. The molecule has 28 heavy (non-hydrogen) atoms. The first-order valence-electron chi connectivity index (χ1n) is 10.5. The topological polar surface area (TPSA) is 39.9 Å². The van der Waals surface area contributed by atoms with Crippen LogP contribution in [-0.2, 0) is 0 Å². The molecular formula is C23H31N3O2. The average molecular weight is 382 g/mol. The van der Waals surface area contributed by atoms with Gasteiger partial charge in [0.1, 0.15) is 5.76 Å². The predicted molar refractivity (Wildman–Crippen MR) is 111 cm³/mol. The highest BCUT2D eigenvalue weighted by atomic mass is 16.3. The van der Waals surface area contributed by atoms with E-state index in [4.69, 9.17) is 4.42 Å². The molecule has 0 spiro atoms. The van der Waals surface area contributed by atoms with Crippen LogP contribution in [0.1, 0.15) is 30.1 Å². The summed E-state index contributed by atoms with van der Waals surface area (Å²) in [6, 6.07) is 12.2. The SMILES string of the molecule is CC(C1CCN(C(=O)c2ccc(-c3ccco3)cc2)CC1)N1CCN(C)CC1. The number of likely N-dealkylation sites (tertiary alicyclic amines) is 1. The Balaban J connectivity index is 1.31. The van der Waals surface area contributed by atoms with Crippen molar-refractivity contribution in [3.63, 3.8) is 0 Å². The lowest BCUT2D eigenvalue weighted by Crippen LogP contribution is -2.52. The van der Waals surface area contributed by atoms with Gasteiger partial charge in [-0.05, 0) is 57.0 Å². The highest BCUT2D eigenvalue weighted by Crippen LogP contribution is 2.26. The molecule has 2 saturated heterocycles. The zero-order valence-electron chi connectivity index (χ0n) is 17.0. The maximum atomic E-state index is 12.9. The van der Waals surface area contributed by atoms with Gasteiger partial charge in [-0.1, -0.05) is 12.1 Å². The second-order valence-corrected chi connectivity index (χ2v) is 8.26. The second-order valence-electron chi connectivity index (χ2n) is 8.26. The van der Waals surface area contributed by atoms with Crippen LogP contribution < -0.4 is 0 Å². The number of piperidine rings is 1. The summed E-state index contributed by atoms with van der Waals surface area (Å²) >= 11 is 0. The van der Waals surface area contributed by atoms with Gasteiger partial charge in [0.25, 0.3) is 5.91 Å². The van der Waals surface area contributed by atoms with Crippen LogP contribution in [0.5, 0.6) is 0 Å². The summed E-state index contributed by atoms with van der Waals surface area (Å²) in [5, 5.41) is 0. The van der Waals surface area contributed by atoms with Gasteiger partial charge in [-0.3, -0.25) is 9.69 Å². The van der Waals surface area contributed by atoms with Crippen molar-refractivity contribution >= 4 is 5.91 Å². The molecule has 2 aromatic rings. The lowest BCUT2D eigenvalue weighted by Gasteiger charge is -2.42. The fourth-order valence-corrected chi connectivity index (χ4v) is 4.51. The van der Waals surface area contributed by atoms with Crippen molar-refractivity contribution in [2.24, 2.45) is 5.92 Å². The summed E-state index contributed by atoms with van der Waals surface area (Å²) in [4.78, 5) is 20.0. The first-order valence-corrected chi connectivity index (χ1v) is 10.5. The lowest BCUT2D eigenvalue weighted by atomic mass is 9.88. The van der Waals surface area contributed by atoms with Crippen LogP contribution >= 0.6 is 0 Å². The van der Waals surface area contributed by atoms with Crippen LogP contribution in [0.15, 0.2) is 47.1 Å². The molecule has 0 bridgehead atoms. The molecular weight excluding hydrogens is 350 g/mol. The predicted octanol–water partition coefficient (Wildman–Crippen LogP) is 3.43. The minimum atomic E-state index is 0.150. The number of hydrogen-bond donors (Lipinski definition) is 0. The van der Waals surface area contributed by atoms with Crippen LogP contribution in [0.2, 0.25) is 0 Å². The molecule has 1 aromatic heterocycles. The van der Waals surface area contributed by atoms with E-state index in [9.17, 15) is 4.79 Å². The number of piperazine rings is 1. The number of furan rings is 1. The van der Waals surface area contributed by atoms with E-state index in [-0.39, 0.29) is 5.91 Å². The Bertz CT molecular complexity index is 756. The van der Waals surface area contributed by atoms with E-state index >= 15 is 0 Å². The first kappa shape index (κ1) is 19.2. The monoisotopic (exact) mass is 381 g/mol. The number of rotatable bonds is 4. The molecule has 1 amide bonds. The van der Waals surface area contributed by atoms with Crippen molar-refractivity contribution in [3.8, 4) is 11.3 Å². The molecule has 4 rings (SSSR count). The maximum Gasteiger partial charge on any atom is 0.253 e. The Kier molecular flexibility index (Phi) is 5.83. The fourth-order valence-electron chi connectivity index (χ4n) is 4.51. The van der Waals surface area contributed by atoms with Crippen molar-refractivity contribution < 1.29 is 9.21 Å². The fraction of sp³-hybridized carbons (Fsp3) is 0.522. The minimum absolute atomic E-state index is 0.150. The summed E-state index contributed by atoms with van der Waals surface area (Å²) in [6.45, 7) is 8.76. The Labute approximate surface area is 167 Å². The number of carbonyl (C=O) groups excluding carboxylic acids is 1. The third-order valence-corrected chi connectivity index (χ3v) is 6.56. The molecule has 0 N–H and O–H groups in total. The molecule has 1 aromatic carbocycles. The largest absolute Gasteiger partial charge is 0.464 e. The smallest absolute Gasteiger partial charge is 0.253 e. The van der Waals surface area contributed by atoms with Gasteiger partial charge in [-0.25, -0.2) is 0 Å². The zero-order valence-corrected chi connectivity index (χ0v) is 17.0. The number of hydrogen-bond acceptors (Lipinski definition) is 4. The number of carbonyl (C=O) groups is 1. The summed E-state index contributed by atoms with van der Waals surface area (Å²) in [6.07, 6.45) is 3.87. The zero-order chi connectivity index (χ0) is 19.5. The lowest BCUT2D eigenvalue weighted by molar-refractivity contribution is 0.0500. The van der Waals surface area contributed by atoms with Crippen LogP contribution in [0.3, 0.4) is 0 Å². The van der Waals surface area contributed by atoms with Crippen LogP contribution in [0.4, 0.5) is 0 Å². The van der Waals surface area contributed by atoms with Gasteiger partial charge < -0.3 is 14.2 Å². The molecule has 1 atom stereocenters. The molecule has 5 heteroatoms. The first-order chi connectivity index (χ1) is 13.6. The summed E-state index contributed by atoms with van der Waals surface area (Å²) in [5.74, 6) is 1.67. The van der Waals surface area contributed by atoms with E-state index in [1.165, 1.54) is 13.1 Å². The molecule has 5 nitrogen and oxygen atoms in total. The van der Waals surface area contributed by atoms with E-state index in [0.717, 1.165) is 55.9 Å². The van der Waals surface area contributed by atoms with E-state index in [2.05, 4.69) is 23.8 Å². The number of benzene rings is 1. The minimum Gasteiger partial charge on any atom is -0.464 e.